The van der Waals surface area contributed by atoms with Crippen LogP contribution in [0.2, 0.25) is 5.02 Å². The van der Waals surface area contributed by atoms with Crippen LogP contribution in [0.1, 0.15) is 27.6 Å². The fourth-order valence-corrected chi connectivity index (χ4v) is 3.37. The second kappa shape index (κ2) is 5.90. The minimum absolute atomic E-state index is 0.352. The van der Waals surface area contributed by atoms with E-state index in [9.17, 15) is 9.59 Å². The van der Waals surface area contributed by atoms with Gasteiger partial charge in [0.1, 0.15) is 5.75 Å². The van der Waals surface area contributed by atoms with Gasteiger partial charge in [-0.3, -0.25) is 9.59 Å². The highest BCUT2D eigenvalue weighted by Gasteiger charge is 2.34. The van der Waals surface area contributed by atoms with Gasteiger partial charge in [0.2, 0.25) is 0 Å². The van der Waals surface area contributed by atoms with Gasteiger partial charge in [-0.2, -0.15) is 0 Å². The van der Waals surface area contributed by atoms with Crippen LogP contribution in [-0.2, 0) is 0 Å². The summed E-state index contributed by atoms with van der Waals surface area (Å²) in [4.78, 5) is 27.1. The summed E-state index contributed by atoms with van der Waals surface area (Å²) >= 11 is 6.23. The van der Waals surface area contributed by atoms with Crippen molar-refractivity contribution in [3.05, 3.63) is 70.7 Å². The summed E-state index contributed by atoms with van der Waals surface area (Å²) in [6.45, 7) is 2.45. The van der Waals surface area contributed by atoms with Gasteiger partial charge in [-0.05, 0) is 49.4 Å². The number of imide groups is 1. The van der Waals surface area contributed by atoms with Crippen molar-refractivity contribution in [2.75, 3.05) is 11.5 Å². The van der Waals surface area contributed by atoms with Crippen LogP contribution in [0, 0.1) is 0 Å². The minimum atomic E-state index is -0.352. The Hall–Kier alpha value is -2.85. The normalized spacial score (nSPS) is 13.4. The van der Waals surface area contributed by atoms with E-state index in [2.05, 4.69) is 0 Å². The van der Waals surface area contributed by atoms with Crippen molar-refractivity contribution in [2.45, 2.75) is 6.92 Å². The molecule has 124 valence electrons. The lowest BCUT2D eigenvalue weighted by molar-refractivity contribution is 0.0893. The number of ether oxygens (including phenoxy) is 1. The highest BCUT2D eigenvalue weighted by atomic mass is 35.5. The molecule has 2 amide bonds. The van der Waals surface area contributed by atoms with Crippen LogP contribution < -0.4 is 9.64 Å². The number of hydrogen-bond donors (Lipinski definition) is 0. The van der Waals surface area contributed by atoms with Crippen molar-refractivity contribution in [3.63, 3.8) is 0 Å². The Kier molecular flexibility index (Phi) is 3.70. The molecule has 0 spiro atoms. The predicted molar refractivity (Wildman–Crippen MR) is 97.7 cm³/mol. The Morgan fingerprint density at radius 3 is 2.28 bits per heavy atom. The van der Waals surface area contributed by atoms with E-state index in [-0.39, 0.29) is 11.8 Å². The Labute approximate surface area is 149 Å². The van der Waals surface area contributed by atoms with Crippen LogP contribution in [0.3, 0.4) is 0 Å². The van der Waals surface area contributed by atoms with Crippen LogP contribution in [0.15, 0.2) is 54.6 Å². The molecule has 0 aromatic heterocycles. The molecule has 0 fully saturated rings. The molecule has 0 radical (unpaired) electrons. The van der Waals surface area contributed by atoms with Gasteiger partial charge in [0.05, 0.1) is 12.3 Å². The molecule has 25 heavy (non-hydrogen) atoms. The summed E-state index contributed by atoms with van der Waals surface area (Å²) in [5.41, 5.74) is 1.46. The lowest BCUT2D eigenvalue weighted by atomic mass is 9.93. The van der Waals surface area contributed by atoms with Gasteiger partial charge in [0.15, 0.2) is 0 Å². The second-order valence-corrected chi connectivity index (χ2v) is 6.10. The number of hydrogen-bond acceptors (Lipinski definition) is 3. The lowest BCUT2D eigenvalue weighted by Crippen LogP contribution is -2.40. The first-order chi connectivity index (χ1) is 12.1. The Balaban J connectivity index is 1.86. The largest absolute Gasteiger partial charge is 0.494 e. The van der Waals surface area contributed by atoms with Gasteiger partial charge in [-0.25, -0.2) is 4.90 Å². The van der Waals surface area contributed by atoms with Gasteiger partial charge >= 0.3 is 0 Å². The highest BCUT2D eigenvalue weighted by Crippen LogP contribution is 2.36. The molecule has 0 aliphatic carbocycles. The van der Waals surface area contributed by atoms with Gasteiger partial charge in [-0.1, -0.05) is 23.7 Å². The van der Waals surface area contributed by atoms with Crippen LogP contribution in [0.5, 0.6) is 5.75 Å². The van der Waals surface area contributed by atoms with E-state index < -0.39 is 0 Å². The molecule has 0 atom stereocenters. The van der Waals surface area contributed by atoms with Crippen LogP contribution in [-0.4, -0.2) is 18.4 Å². The Morgan fingerprint density at radius 1 is 0.920 bits per heavy atom. The minimum Gasteiger partial charge on any atom is -0.494 e. The summed E-state index contributed by atoms with van der Waals surface area (Å²) < 4.78 is 5.41. The van der Waals surface area contributed by atoms with Crippen molar-refractivity contribution < 1.29 is 14.3 Å². The molecule has 4 nitrogen and oxygen atoms in total. The van der Waals surface area contributed by atoms with Crippen LogP contribution >= 0.6 is 11.6 Å². The van der Waals surface area contributed by atoms with E-state index in [1.54, 1.807) is 48.5 Å². The van der Waals surface area contributed by atoms with E-state index >= 15 is 0 Å². The first-order valence-corrected chi connectivity index (χ1v) is 8.32. The average Bonchev–Trinajstić information content (AvgIpc) is 2.62. The zero-order valence-electron chi connectivity index (χ0n) is 13.5. The fourth-order valence-electron chi connectivity index (χ4n) is 3.15. The SMILES string of the molecule is CCOc1ccc(N2C(=O)c3cccc4c(Cl)ccc(c34)C2=O)cc1. The van der Waals surface area contributed by atoms with Gasteiger partial charge in [-0.15, -0.1) is 0 Å². The molecule has 3 aromatic carbocycles. The van der Waals surface area contributed by atoms with Crippen LogP contribution in [0.25, 0.3) is 10.8 Å². The molecule has 0 bridgehead atoms. The van der Waals surface area contributed by atoms with Crippen molar-refractivity contribution in [3.8, 4) is 5.75 Å². The van der Waals surface area contributed by atoms with Crippen molar-refractivity contribution in [1.29, 1.82) is 0 Å². The van der Waals surface area contributed by atoms with E-state index in [4.69, 9.17) is 16.3 Å². The maximum Gasteiger partial charge on any atom is 0.265 e. The van der Waals surface area contributed by atoms with E-state index in [0.717, 1.165) is 0 Å². The standard InChI is InChI=1S/C20H14ClNO3/c1-2-25-13-8-6-12(7-9-13)22-19(23)15-5-3-4-14-17(21)11-10-16(18(14)15)20(22)24/h3-11H,2H2,1H3. The Morgan fingerprint density at radius 2 is 1.60 bits per heavy atom. The molecule has 0 unspecified atom stereocenters. The van der Waals surface area contributed by atoms with E-state index in [1.165, 1.54) is 4.90 Å². The molecule has 0 N–H and O–H groups in total. The molecule has 1 heterocycles. The molecule has 5 heteroatoms. The maximum absolute atomic E-state index is 13.0. The molecule has 1 aliphatic heterocycles. The quantitative estimate of drug-likeness (QED) is 0.643. The number of amides is 2. The third-order valence-corrected chi connectivity index (χ3v) is 4.59. The first kappa shape index (κ1) is 15.7. The zero-order chi connectivity index (χ0) is 17.6. The van der Waals surface area contributed by atoms with E-state index in [1.807, 2.05) is 13.0 Å². The maximum atomic E-state index is 13.0. The average molecular weight is 352 g/mol. The second-order valence-electron chi connectivity index (χ2n) is 5.70. The first-order valence-electron chi connectivity index (χ1n) is 7.94. The number of carbonyl (C=O) groups is 2. The zero-order valence-corrected chi connectivity index (χ0v) is 14.2. The number of nitrogens with zero attached hydrogens (tertiary/aromatic N) is 1. The number of rotatable bonds is 3. The summed E-state index contributed by atoms with van der Waals surface area (Å²) in [7, 11) is 0. The molecular formula is C20H14ClNO3. The van der Waals surface area contributed by atoms with Crippen molar-refractivity contribution >= 4 is 39.9 Å². The monoisotopic (exact) mass is 351 g/mol. The third kappa shape index (κ3) is 2.37. The summed E-state index contributed by atoms with van der Waals surface area (Å²) in [6.07, 6.45) is 0. The number of halogens is 1. The van der Waals surface area contributed by atoms with Crippen molar-refractivity contribution in [1.82, 2.24) is 0 Å². The van der Waals surface area contributed by atoms with Gasteiger partial charge < -0.3 is 4.74 Å². The predicted octanol–water partition coefficient (Wildman–Crippen LogP) is 4.69. The topological polar surface area (TPSA) is 46.6 Å². The molecule has 1 aliphatic rings. The molecular weight excluding hydrogens is 338 g/mol. The number of anilines is 1. The molecule has 4 rings (SSSR count). The Bertz CT molecular complexity index is 989. The number of carbonyl (C=O) groups excluding carboxylic acids is 2. The van der Waals surface area contributed by atoms with Crippen molar-refractivity contribution in [2.24, 2.45) is 0 Å². The fraction of sp³-hybridized carbons (Fsp3) is 0.100. The smallest absolute Gasteiger partial charge is 0.265 e. The third-order valence-electron chi connectivity index (χ3n) is 4.26. The molecule has 0 saturated carbocycles. The van der Waals surface area contributed by atoms with Crippen LogP contribution in [0.4, 0.5) is 5.69 Å². The van der Waals surface area contributed by atoms with Gasteiger partial charge in [0.25, 0.3) is 11.8 Å². The summed E-state index contributed by atoms with van der Waals surface area (Å²) in [5.74, 6) is -0.0125. The molecule has 3 aromatic rings. The highest BCUT2D eigenvalue weighted by molar-refractivity contribution is 6.40. The summed E-state index contributed by atoms with van der Waals surface area (Å²) in [6, 6.07) is 15.6. The number of benzene rings is 3. The molecule has 0 saturated heterocycles. The summed E-state index contributed by atoms with van der Waals surface area (Å²) in [5, 5.41) is 1.85. The lowest BCUT2D eigenvalue weighted by Gasteiger charge is -2.27. The van der Waals surface area contributed by atoms with E-state index in [0.29, 0.717) is 45.0 Å². The van der Waals surface area contributed by atoms with Gasteiger partial charge in [0, 0.05) is 26.9 Å².